The van der Waals surface area contributed by atoms with Crippen molar-refractivity contribution >= 4 is 38.5 Å². The van der Waals surface area contributed by atoms with Crippen molar-refractivity contribution in [2.24, 2.45) is 5.92 Å². The molecule has 0 aliphatic carbocycles. The molecule has 0 bridgehead atoms. The number of nitrogens with one attached hydrogen (secondary N) is 1. The molecule has 134 valence electrons. The lowest BCUT2D eigenvalue weighted by Crippen LogP contribution is -2.41. The van der Waals surface area contributed by atoms with Crippen molar-refractivity contribution in [1.82, 2.24) is 15.0 Å². The van der Waals surface area contributed by atoms with Crippen LogP contribution in [0, 0.1) is 19.8 Å². The van der Waals surface area contributed by atoms with Crippen LogP contribution in [-0.2, 0) is 4.79 Å². The lowest BCUT2D eigenvalue weighted by atomic mass is 9.97. The molecule has 0 spiro atoms. The number of thiazole rings is 1. The van der Waals surface area contributed by atoms with Crippen molar-refractivity contribution in [2.75, 3.05) is 23.3 Å². The number of carbonyl (C=O) groups excluding carboxylic acids is 1. The number of nitrogens with zero attached hydrogens (tertiary/aromatic N) is 4. The highest BCUT2D eigenvalue weighted by molar-refractivity contribution is 7.22. The molecule has 3 aromatic rings. The predicted octanol–water partition coefficient (Wildman–Crippen LogP) is 3.56. The molecule has 1 atom stereocenters. The van der Waals surface area contributed by atoms with Gasteiger partial charge in [-0.25, -0.2) is 15.0 Å². The minimum atomic E-state index is -0.0811. The maximum Gasteiger partial charge on any atom is 0.231 e. The van der Waals surface area contributed by atoms with Crippen LogP contribution >= 0.6 is 11.3 Å². The van der Waals surface area contributed by atoms with Crippen LogP contribution in [0.2, 0.25) is 0 Å². The minimum absolute atomic E-state index is 0.0269. The third kappa shape index (κ3) is 3.39. The van der Waals surface area contributed by atoms with E-state index in [0.29, 0.717) is 17.6 Å². The van der Waals surface area contributed by atoms with Crippen molar-refractivity contribution in [1.29, 1.82) is 0 Å². The molecule has 1 amide bonds. The molecule has 4 rings (SSSR count). The van der Waals surface area contributed by atoms with Gasteiger partial charge in [-0.05, 0) is 49.9 Å². The van der Waals surface area contributed by atoms with Gasteiger partial charge in [0.25, 0.3) is 0 Å². The molecule has 2 aromatic heterocycles. The van der Waals surface area contributed by atoms with Crippen LogP contribution in [0.25, 0.3) is 10.2 Å². The van der Waals surface area contributed by atoms with Gasteiger partial charge >= 0.3 is 0 Å². The standard InChI is InChI=1S/C19H21N5OS/c1-12-9-13(2)16-15(10-12)26-19(22-16)23-17(25)14-5-3-8-24(11-14)18-20-6-4-7-21-18/h4,6-7,9-10,14H,3,5,8,11H2,1-2H3,(H,22,23,25). The number of fused-ring (bicyclic) bond motifs is 1. The molecule has 1 unspecified atom stereocenters. The van der Waals surface area contributed by atoms with Crippen molar-refractivity contribution < 1.29 is 4.79 Å². The van der Waals surface area contributed by atoms with Crippen molar-refractivity contribution in [3.8, 4) is 0 Å². The Morgan fingerprint density at radius 2 is 2.08 bits per heavy atom. The Labute approximate surface area is 156 Å². The fraction of sp³-hybridized carbons (Fsp3) is 0.368. The van der Waals surface area contributed by atoms with Gasteiger partial charge in [-0.1, -0.05) is 17.4 Å². The molecule has 1 fully saturated rings. The molecule has 1 aromatic carbocycles. The summed E-state index contributed by atoms with van der Waals surface area (Å²) in [6.45, 7) is 5.65. The minimum Gasteiger partial charge on any atom is -0.340 e. The Bertz CT molecular complexity index is 940. The van der Waals surface area contributed by atoms with E-state index in [9.17, 15) is 4.79 Å². The zero-order valence-electron chi connectivity index (χ0n) is 14.9. The molecule has 3 heterocycles. The fourth-order valence-electron chi connectivity index (χ4n) is 3.46. The average Bonchev–Trinajstić information content (AvgIpc) is 3.05. The molecule has 7 heteroatoms. The Morgan fingerprint density at radius 1 is 1.27 bits per heavy atom. The van der Waals surface area contributed by atoms with Gasteiger partial charge in [-0.15, -0.1) is 0 Å². The quantitative estimate of drug-likeness (QED) is 0.766. The number of benzene rings is 1. The molecular formula is C19H21N5OS. The molecule has 1 aliphatic heterocycles. The summed E-state index contributed by atoms with van der Waals surface area (Å²) in [5.41, 5.74) is 3.32. The normalized spacial score (nSPS) is 17.5. The topological polar surface area (TPSA) is 71.0 Å². The van der Waals surface area contributed by atoms with Crippen LogP contribution in [0.15, 0.2) is 30.6 Å². The predicted molar refractivity (Wildman–Crippen MR) is 105 cm³/mol. The van der Waals surface area contributed by atoms with E-state index in [-0.39, 0.29) is 11.8 Å². The Morgan fingerprint density at radius 3 is 2.88 bits per heavy atom. The van der Waals surface area contributed by atoms with E-state index in [0.717, 1.165) is 35.2 Å². The van der Waals surface area contributed by atoms with Crippen LogP contribution in [0.4, 0.5) is 11.1 Å². The number of hydrogen-bond acceptors (Lipinski definition) is 6. The monoisotopic (exact) mass is 367 g/mol. The molecule has 0 saturated carbocycles. The smallest absolute Gasteiger partial charge is 0.231 e. The van der Waals surface area contributed by atoms with E-state index in [4.69, 9.17) is 0 Å². The molecule has 6 nitrogen and oxygen atoms in total. The highest BCUT2D eigenvalue weighted by Crippen LogP contribution is 2.30. The molecule has 1 N–H and O–H groups in total. The molecule has 1 aliphatic rings. The third-order valence-corrected chi connectivity index (χ3v) is 5.60. The number of aromatic nitrogens is 3. The van der Waals surface area contributed by atoms with Gasteiger partial charge in [-0.2, -0.15) is 0 Å². The van der Waals surface area contributed by atoms with Gasteiger partial charge in [0, 0.05) is 25.5 Å². The third-order valence-electron chi connectivity index (χ3n) is 4.69. The van der Waals surface area contributed by atoms with Gasteiger partial charge in [0.1, 0.15) is 0 Å². The second kappa shape index (κ2) is 6.99. The Hall–Kier alpha value is -2.54. The average molecular weight is 367 g/mol. The summed E-state index contributed by atoms with van der Waals surface area (Å²) in [6.07, 6.45) is 5.29. The number of amides is 1. The van der Waals surface area contributed by atoms with Crippen LogP contribution < -0.4 is 10.2 Å². The molecule has 0 radical (unpaired) electrons. The number of carbonyl (C=O) groups is 1. The summed E-state index contributed by atoms with van der Waals surface area (Å²) in [4.78, 5) is 28.1. The Balaban J connectivity index is 1.48. The van der Waals surface area contributed by atoms with Gasteiger partial charge in [0.05, 0.1) is 16.1 Å². The zero-order chi connectivity index (χ0) is 18.1. The van der Waals surface area contributed by atoms with Crippen LogP contribution in [-0.4, -0.2) is 33.9 Å². The van der Waals surface area contributed by atoms with Gasteiger partial charge in [-0.3, -0.25) is 4.79 Å². The first-order valence-electron chi connectivity index (χ1n) is 8.81. The fourth-order valence-corrected chi connectivity index (χ4v) is 4.50. The van der Waals surface area contributed by atoms with Gasteiger partial charge < -0.3 is 10.2 Å². The Kier molecular flexibility index (Phi) is 4.55. The molecule has 26 heavy (non-hydrogen) atoms. The summed E-state index contributed by atoms with van der Waals surface area (Å²) in [6, 6.07) is 6.03. The summed E-state index contributed by atoms with van der Waals surface area (Å²) < 4.78 is 1.11. The lowest BCUT2D eigenvalue weighted by Gasteiger charge is -2.31. The summed E-state index contributed by atoms with van der Waals surface area (Å²) in [7, 11) is 0. The van der Waals surface area contributed by atoms with E-state index in [1.807, 2.05) is 0 Å². The first-order valence-corrected chi connectivity index (χ1v) is 9.62. The summed E-state index contributed by atoms with van der Waals surface area (Å²) >= 11 is 1.53. The van der Waals surface area contributed by atoms with Gasteiger partial charge in [0.15, 0.2) is 5.13 Å². The number of hydrogen-bond donors (Lipinski definition) is 1. The van der Waals surface area contributed by atoms with Gasteiger partial charge in [0.2, 0.25) is 11.9 Å². The highest BCUT2D eigenvalue weighted by Gasteiger charge is 2.27. The summed E-state index contributed by atoms with van der Waals surface area (Å²) in [5.74, 6) is 0.637. The van der Waals surface area contributed by atoms with E-state index < -0.39 is 0 Å². The lowest BCUT2D eigenvalue weighted by molar-refractivity contribution is -0.120. The van der Waals surface area contributed by atoms with E-state index >= 15 is 0 Å². The van der Waals surface area contributed by atoms with Crippen LogP contribution in [0.3, 0.4) is 0 Å². The maximum absolute atomic E-state index is 12.8. The zero-order valence-corrected chi connectivity index (χ0v) is 15.7. The maximum atomic E-state index is 12.8. The molecule has 1 saturated heterocycles. The van der Waals surface area contributed by atoms with E-state index in [2.05, 4.69) is 51.1 Å². The SMILES string of the molecule is Cc1cc(C)c2nc(NC(=O)C3CCCN(c4ncccn4)C3)sc2c1. The number of aryl methyl sites for hydroxylation is 2. The van der Waals surface area contributed by atoms with Crippen molar-refractivity contribution in [3.63, 3.8) is 0 Å². The van der Waals surface area contributed by atoms with E-state index in [1.165, 1.54) is 16.9 Å². The highest BCUT2D eigenvalue weighted by atomic mass is 32.1. The van der Waals surface area contributed by atoms with Crippen molar-refractivity contribution in [2.45, 2.75) is 26.7 Å². The first kappa shape index (κ1) is 16.9. The van der Waals surface area contributed by atoms with Crippen LogP contribution in [0.1, 0.15) is 24.0 Å². The number of anilines is 2. The second-order valence-corrected chi connectivity index (χ2v) is 7.80. The first-order chi connectivity index (χ1) is 12.6. The van der Waals surface area contributed by atoms with Crippen LogP contribution in [0.5, 0.6) is 0 Å². The summed E-state index contributed by atoms with van der Waals surface area (Å²) in [5, 5.41) is 3.69. The second-order valence-electron chi connectivity index (χ2n) is 6.77. The van der Waals surface area contributed by atoms with E-state index in [1.54, 1.807) is 18.5 Å². The number of rotatable bonds is 3. The number of piperidine rings is 1. The molecular weight excluding hydrogens is 346 g/mol. The largest absolute Gasteiger partial charge is 0.340 e. The van der Waals surface area contributed by atoms with Crippen molar-refractivity contribution in [3.05, 3.63) is 41.7 Å².